The van der Waals surface area contributed by atoms with Gasteiger partial charge < -0.3 is 14.4 Å². The Labute approximate surface area is 239 Å². The van der Waals surface area contributed by atoms with Crippen molar-refractivity contribution in [3.05, 3.63) is 97.3 Å². The third kappa shape index (κ3) is 7.43. The van der Waals surface area contributed by atoms with Crippen LogP contribution in [-0.4, -0.2) is 38.3 Å². The molecule has 0 amide bonds. The predicted octanol–water partition coefficient (Wildman–Crippen LogP) is 5.04. The zero-order valence-corrected chi connectivity index (χ0v) is 24.1. The standard InChI is InChI=1S/C31H38ClN3O5/c1-21-18-24(6-13-28(21)40-17-16-35-29(36)14-15-33(3)31(35)39)20-34(22(2)25-9-11-27(32)12-10-25)19-23-4-7-26(8-5-23)30(37)38/h6,9-15,18,22-23,26H,4-5,7-8,16-17,19-20H2,1-3H3,(H,37,38)/t22?,23-,26-. The van der Waals surface area contributed by atoms with Gasteiger partial charge >= 0.3 is 11.7 Å². The second kappa shape index (κ2) is 13.3. The molecule has 1 aliphatic rings. The molecule has 2 aromatic carbocycles. The van der Waals surface area contributed by atoms with Crippen LogP contribution in [-0.2, 0) is 24.9 Å². The van der Waals surface area contributed by atoms with Gasteiger partial charge in [0.2, 0.25) is 0 Å². The summed E-state index contributed by atoms with van der Waals surface area (Å²) in [6, 6.07) is 15.6. The van der Waals surface area contributed by atoms with Crippen molar-refractivity contribution in [2.45, 2.75) is 58.7 Å². The molecular weight excluding hydrogens is 530 g/mol. The highest BCUT2D eigenvalue weighted by molar-refractivity contribution is 6.30. The fourth-order valence-electron chi connectivity index (χ4n) is 5.51. The van der Waals surface area contributed by atoms with E-state index < -0.39 is 5.97 Å². The van der Waals surface area contributed by atoms with Gasteiger partial charge in [0.05, 0.1) is 12.5 Å². The Morgan fingerprint density at radius 2 is 1.80 bits per heavy atom. The van der Waals surface area contributed by atoms with Crippen molar-refractivity contribution in [2.75, 3.05) is 13.2 Å². The molecule has 0 saturated heterocycles. The van der Waals surface area contributed by atoms with E-state index in [-0.39, 0.29) is 36.4 Å². The van der Waals surface area contributed by atoms with Gasteiger partial charge in [0, 0.05) is 43.5 Å². The molecule has 0 spiro atoms. The summed E-state index contributed by atoms with van der Waals surface area (Å²) in [7, 11) is 1.61. The smallest absolute Gasteiger partial charge is 0.330 e. The summed E-state index contributed by atoms with van der Waals surface area (Å²) >= 11 is 6.14. The number of benzene rings is 2. The Kier molecular flexibility index (Phi) is 9.87. The van der Waals surface area contributed by atoms with Crippen LogP contribution < -0.4 is 16.0 Å². The molecule has 1 atom stereocenters. The Hall–Kier alpha value is -3.36. The highest BCUT2D eigenvalue weighted by Gasteiger charge is 2.28. The van der Waals surface area contributed by atoms with E-state index in [1.807, 2.05) is 25.1 Å². The van der Waals surface area contributed by atoms with Crippen LogP contribution in [0.5, 0.6) is 5.75 Å². The topological polar surface area (TPSA) is 93.8 Å². The summed E-state index contributed by atoms with van der Waals surface area (Å²) in [6.07, 6.45) is 4.76. The molecule has 1 fully saturated rings. The van der Waals surface area contributed by atoms with Gasteiger partial charge in [-0.15, -0.1) is 0 Å². The van der Waals surface area contributed by atoms with E-state index in [1.165, 1.54) is 27.0 Å². The van der Waals surface area contributed by atoms with E-state index in [1.54, 1.807) is 7.05 Å². The molecule has 0 bridgehead atoms. The van der Waals surface area contributed by atoms with E-state index in [9.17, 15) is 19.5 Å². The van der Waals surface area contributed by atoms with Crippen molar-refractivity contribution in [2.24, 2.45) is 18.9 Å². The SMILES string of the molecule is Cc1cc(CN(C[C@H]2CC[C@H](C(=O)O)CC2)C(C)c2ccc(Cl)cc2)ccc1OCCn1c(=O)ccn(C)c1=O. The predicted molar refractivity (Wildman–Crippen MR) is 156 cm³/mol. The number of aliphatic carboxylic acids is 1. The first kappa shape index (κ1) is 29.6. The minimum Gasteiger partial charge on any atom is -0.491 e. The van der Waals surface area contributed by atoms with Crippen molar-refractivity contribution in [3.63, 3.8) is 0 Å². The van der Waals surface area contributed by atoms with Crippen molar-refractivity contribution < 1.29 is 14.6 Å². The molecule has 0 aliphatic heterocycles. The molecule has 1 aliphatic carbocycles. The lowest BCUT2D eigenvalue weighted by Gasteiger charge is -2.35. The van der Waals surface area contributed by atoms with Gasteiger partial charge in [0.1, 0.15) is 12.4 Å². The summed E-state index contributed by atoms with van der Waals surface area (Å²) in [4.78, 5) is 38.2. The number of carboxylic acid groups (broad SMARTS) is 1. The highest BCUT2D eigenvalue weighted by atomic mass is 35.5. The number of nitrogens with zero attached hydrogens (tertiary/aromatic N) is 3. The summed E-state index contributed by atoms with van der Waals surface area (Å²) in [5, 5.41) is 10.1. The first-order chi connectivity index (χ1) is 19.1. The van der Waals surface area contributed by atoms with Crippen molar-refractivity contribution in [1.29, 1.82) is 0 Å². The highest BCUT2D eigenvalue weighted by Crippen LogP contribution is 2.33. The number of hydrogen-bond acceptors (Lipinski definition) is 5. The van der Waals surface area contributed by atoms with Crippen molar-refractivity contribution >= 4 is 17.6 Å². The molecule has 214 valence electrons. The zero-order chi connectivity index (χ0) is 28.8. The van der Waals surface area contributed by atoms with Crippen molar-refractivity contribution in [1.82, 2.24) is 14.0 Å². The van der Waals surface area contributed by atoms with Gasteiger partial charge in [0.25, 0.3) is 5.56 Å². The monoisotopic (exact) mass is 567 g/mol. The lowest BCUT2D eigenvalue weighted by Crippen LogP contribution is -2.39. The molecule has 3 aromatic rings. The van der Waals surface area contributed by atoms with Crippen LogP contribution in [0.4, 0.5) is 0 Å². The Balaban J connectivity index is 1.44. The third-order valence-corrected chi connectivity index (χ3v) is 8.28. The van der Waals surface area contributed by atoms with Crippen LogP contribution in [0, 0.1) is 18.8 Å². The summed E-state index contributed by atoms with van der Waals surface area (Å²) < 4.78 is 8.49. The second-order valence-corrected chi connectivity index (χ2v) is 11.3. The summed E-state index contributed by atoms with van der Waals surface area (Å²) in [5.41, 5.74) is 2.60. The largest absolute Gasteiger partial charge is 0.491 e. The molecule has 4 rings (SSSR count). The minimum atomic E-state index is -0.680. The fraction of sp³-hybridized carbons (Fsp3) is 0.452. The Morgan fingerprint density at radius 1 is 1.10 bits per heavy atom. The molecule has 1 heterocycles. The Morgan fingerprint density at radius 3 is 2.45 bits per heavy atom. The second-order valence-electron chi connectivity index (χ2n) is 10.9. The number of hydrogen-bond donors (Lipinski definition) is 1. The molecular formula is C31H38ClN3O5. The summed E-state index contributed by atoms with van der Waals surface area (Å²) in [5.74, 6) is 0.259. The van der Waals surface area contributed by atoms with E-state index in [0.29, 0.717) is 16.7 Å². The van der Waals surface area contributed by atoms with Crippen LogP contribution in [0.3, 0.4) is 0 Å². The normalized spacial score (nSPS) is 18.0. The number of rotatable bonds is 11. The lowest BCUT2D eigenvalue weighted by atomic mass is 9.81. The quantitative estimate of drug-likeness (QED) is 0.349. The van der Waals surface area contributed by atoms with Crippen LogP contribution in [0.2, 0.25) is 5.02 Å². The maximum absolute atomic E-state index is 12.2. The minimum absolute atomic E-state index is 0.150. The maximum Gasteiger partial charge on any atom is 0.330 e. The first-order valence-corrected chi connectivity index (χ1v) is 14.2. The number of ether oxygens (including phenoxy) is 1. The lowest BCUT2D eigenvalue weighted by molar-refractivity contribution is -0.143. The molecule has 1 N–H and O–H groups in total. The molecule has 1 aromatic heterocycles. The number of aromatic nitrogens is 2. The average Bonchev–Trinajstić information content (AvgIpc) is 2.93. The average molecular weight is 568 g/mol. The number of halogens is 1. The van der Waals surface area contributed by atoms with Gasteiger partial charge in [-0.25, -0.2) is 4.79 Å². The molecule has 40 heavy (non-hydrogen) atoms. The third-order valence-electron chi connectivity index (χ3n) is 8.03. The fourth-order valence-corrected chi connectivity index (χ4v) is 5.63. The molecule has 1 unspecified atom stereocenters. The molecule has 0 radical (unpaired) electrons. The first-order valence-electron chi connectivity index (χ1n) is 13.8. The van der Waals surface area contributed by atoms with Gasteiger partial charge in [-0.05, 0) is 80.3 Å². The van der Waals surface area contributed by atoms with Crippen molar-refractivity contribution in [3.8, 4) is 5.75 Å². The summed E-state index contributed by atoms with van der Waals surface area (Å²) in [6.45, 7) is 6.19. The number of aryl methyl sites for hydroxylation is 2. The van der Waals surface area contributed by atoms with Crippen LogP contribution in [0.15, 0.2) is 64.3 Å². The molecule has 1 saturated carbocycles. The number of carbonyl (C=O) groups is 1. The van der Waals surface area contributed by atoms with Crippen LogP contribution in [0.1, 0.15) is 55.3 Å². The van der Waals surface area contributed by atoms with E-state index in [0.717, 1.165) is 49.9 Å². The maximum atomic E-state index is 12.2. The Bertz CT molecular complexity index is 1420. The van der Waals surface area contributed by atoms with Gasteiger partial charge in [-0.3, -0.25) is 19.1 Å². The van der Waals surface area contributed by atoms with Gasteiger partial charge in [-0.1, -0.05) is 35.9 Å². The zero-order valence-electron chi connectivity index (χ0n) is 23.4. The van der Waals surface area contributed by atoms with Gasteiger partial charge in [-0.2, -0.15) is 0 Å². The van der Waals surface area contributed by atoms with E-state index in [4.69, 9.17) is 16.3 Å². The molecule has 8 nitrogen and oxygen atoms in total. The van der Waals surface area contributed by atoms with Gasteiger partial charge in [0.15, 0.2) is 0 Å². The molecule has 9 heteroatoms. The number of carboxylic acids is 1. The van der Waals surface area contributed by atoms with Crippen LogP contribution >= 0.6 is 11.6 Å². The van der Waals surface area contributed by atoms with E-state index in [2.05, 4.69) is 36.1 Å². The van der Waals surface area contributed by atoms with E-state index >= 15 is 0 Å². The van der Waals surface area contributed by atoms with Crippen LogP contribution in [0.25, 0.3) is 0 Å².